The van der Waals surface area contributed by atoms with E-state index in [2.05, 4.69) is 26.2 Å². The molecule has 0 fully saturated rings. The van der Waals surface area contributed by atoms with Gasteiger partial charge in [0, 0.05) is 6.54 Å². The molecule has 9 nitrogen and oxygen atoms in total. The van der Waals surface area contributed by atoms with Crippen LogP contribution in [0.25, 0.3) is 5.69 Å². The van der Waals surface area contributed by atoms with Crippen molar-refractivity contribution in [2.24, 2.45) is 0 Å². The third kappa shape index (κ3) is 4.65. The number of benzene rings is 2. The number of phenolic OH excluding ortho intramolecular Hbond substituents is 1. The minimum absolute atomic E-state index is 0.120. The van der Waals surface area contributed by atoms with Crippen molar-refractivity contribution >= 4 is 23.7 Å². The van der Waals surface area contributed by atoms with E-state index in [4.69, 9.17) is 0 Å². The number of tetrazole rings is 1. The Morgan fingerprint density at radius 3 is 2.54 bits per heavy atom. The molecule has 0 unspecified atom stereocenters. The summed E-state index contributed by atoms with van der Waals surface area (Å²) in [5.41, 5.74) is 1.33. The first kappa shape index (κ1) is 19.4. The van der Waals surface area contributed by atoms with Gasteiger partial charge < -0.3 is 10.4 Å². The van der Waals surface area contributed by atoms with Crippen molar-refractivity contribution in [3.8, 4) is 11.4 Å². The standard InChI is InChI=1S/C18H18N6O3S/c1-2-19-17(27)20-16(26)15(12-6-4-3-5-7-12)28-18-21-22-23-24(18)13-8-10-14(25)11-9-13/h3-11,15,25H,2H2,1H3,(H2,19,20,26,27)/t15-/m1/s1. The number of nitrogens with one attached hydrogen (secondary N) is 2. The molecule has 0 bridgehead atoms. The summed E-state index contributed by atoms with van der Waals surface area (Å²) >= 11 is 1.11. The van der Waals surface area contributed by atoms with E-state index in [1.165, 1.54) is 16.8 Å². The van der Waals surface area contributed by atoms with Crippen molar-refractivity contribution in [1.82, 2.24) is 30.8 Å². The SMILES string of the molecule is CCNC(=O)NC(=O)[C@H](Sc1nnnn1-c1ccc(O)cc1)c1ccccc1. The summed E-state index contributed by atoms with van der Waals surface area (Å²) in [5.74, 6) is -0.364. The fourth-order valence-corrected chi connectivity index (χ4v) is 3.39. The molecule has 1 aromatic heterocycles. The summed E-state index contributed by atoms with van der Waals surface area (Å²) in [4.78, 5) is 24.5. The lowest BCUT2D eigenvalue weighted by atomic mass is 10.1. The molecular formula is C18H18N6O3S. The number of amides is 3. The Bertz CT molecular complexity index is 945. The van der Waals surface area contributed by atoms with Crippen molar-refractivity contribution in [3.05, 3.63) is 60.2 Å². The zero-order valence-electron chi connectivity index (χ0n) is 14.9. The Hall–Kier alpha value is -3.40. The molecule has 3 amide bonds. The molecule has 0 saturated carbocycles. The van der Waals surface area contributed by atoms with E-state index in [0.717, 1.165) is 11.8 Å². The van der Waals surface area contributed by atoms with E-state index < -0.39 is 17.2 Å². The molecule has 144 valence electrons. The number of imide groups is 1. The maximum atomic E-state index is 12.7. The quantitative estimate of drug-likeness (QED) is 0.543. The van der Waals surface area contributed by atoms with Gasteiger partial charge in [-0.15, -0.1) is 5.10 Å². The lowest BCUT2D eigenvalue weighted by Crippen LogP contribution is -2.41. The second-order valence-corrected chi connectivity index (χ2v) is 6.72. The van der Waals surface area contributed by atoms with Crippen molar-refractivity contribution in [1.29, 1.82) is 0 Å². The molecule has 0 aliphatic rings. The van der Waals surface area contributed by atoms with Crippen LogP contribution >= 0.6 is 11.8 Å². The first-order chi connectivity index (χ1) is 13.6. The van der Waals surface area contributed by atoms with Crippen molar-refractivity contribution in [3.63, 3.8) is 0 Å². The highest BCUT2D eigenvalue weighted by atomic mass is 32.2. The maximum absolute atomic E-state index is 12.7. The predicted molar refractivity (Wildman–Crippen MR) is 103 cm³/mol. The highest BCUT2D eigenvalue weighted by Gasteiger charge is 2.26. The number of phenols is 1. The van der Waals surface area contributed by atoms with Gasteiger partial charge in [-0.1, -0.05) is 42.1 Å². The van der Waals surface area contributed by atoms with Gasteiger partial charge in [0.1, 0.15) is 11.0 Å². The van der Waals surface area contributed by atoms with Crippen LogP contribution in [0, 0.1) is 0 Å². The predicted octanol–water partition coefficient (Wildman–Crippen LogP) is 2.05. The third-order valence-electron chi connectivity index (χ3n) is 3.67. The number of rotatable bonds is 6. The van der Waals surface area contributed by atoms with Gasteiger partial charge in [-0.3, -0.25) is 10.1 Å². The smallest absolute Gasteiger partial charge is 0.321 e. The van der Waals surface area contributed by atoms with Crippen LogP contribution < -0.4 is 10.6 Å². The van der Waals surface area contributed by atoms with Gasteiger partial charge in [0.05, 0.1) is 5.69 Å². The Kier molecular flexibility index (Phi) is 6.22. The minimum atomic E-state index is -0.745. The molecule has 0 spiro atoms. The van der Waals surface area contributed by atoms with Crippen molar-refractivity contribution in [2.45, 2.75) is 17.3 Å². The van der Waals surface area contributed by atoms with Crippen LogP contribution in [0.2, 0.25) is 0 Å². The van der Waals surface area contributed by atoms with Gasteiger partial charge in [-0.2, -0.15) is 4.68 Å². The van der Waals surface area contributed by atoms with Gasteiger partial charge in [0.2, 0.25) is 11.1 Å². The fraction of sp³-hybridized carbons (Fsp3) is 0.167. The molecule has 10 heteroatoms. The number of urea groups is 1. The molecular weight excluding hydrogens is 380 g/mol. The van der Waals surface area contributed by atoms with E-state index in [1.54, 1.807) is 31.2 Å². The largest absolute Gasteiger partial charge is 0.508 e. The Morgan fingerprint density at radius 1 is 1.14 bits per heavy atom. The normalized spacial score (nSPS) is 11.6. The monoisotopic (exact) mass is 398 g/mol. The number of aromatic nitrogens is 4. The Balaban J connectivity index is 1.88. The van der Waals surface area contributed by atoms with Crippen molar-refractivity contribution in [2.75, 3.05) is 6.54 Å². The summed E-state index contributed by atoms with van der Waals surface area (Å²) in [5, 5.41) is 25.6. The lowest BCUT2D eigenvalue weighted by molar-refractivity contribution is -0.119. The second-order valence-electron chi connectivity index (χ2n) is 5.65. The third-order valence-corrected chi connectivity index (χ3v) is 4.86. The zero-order valence-corrected chi connectivity index (χ0v) is 15.8. The molecule has 0 aliphatic carbocycles. The van der Waals surface area contributed by atoms with E-state index in [0.29, 0.717) is 23.0 Å². The number of hydrogen-bond donors (Lipinski definition) is 3. The zero-order chi connectivity index (χ0) is 19.9. The molecule has 28 heavy (non-hydrogen) atoms. The van der Waals surface area contributed by atoms with E-state index in [9.17, 15) is 14.7 Å². The molecule has 1 heterocycles. The molecule has 0 radical (unpaired) electrons. The molecule has 3 rings (SSSR count). The van der Waals surface area contributed by atoms with Crippen LogP contribution in [-0.2, 0) is 4.79 Å². The van der Waals surface area contributed by atoms with Crippen LogP contribution in [0.3, 0.4) is 0 Å². The van der Waals surface area contributed by atoms with Crippen LogP contribution in [0.1, 0.15) is 17.7 Å². The van der Waals surface area contributed by atoms with Crippen molar-refractivity contribution < 1.29 is 14.7 Å². The van der Waals surface area contributed by atoms with Gasteiger partial charge in [-0.05, 0) is 47.2 Å². The Labute approximate surface area is 165 Å². The summed E-state index contributed by atoms with van der Waals surface area (Å²) in [6.45, 7) is 2.17. The van der Waals surface area contributed by atoms with Gasteiger partial charge in [-0.25, -0.2) is 4.79 Å². The fourth-order valence-electron chi connectivity index (χ4n) is 2.40. The van der Waals surface area contributed by atoms with Crippen LogP contribution in [-0.4, -0.2) is 43.8 Å². The molecule has 0 saturated heterocycles. The van der Waals surface area contributed by atoms with Gasteiger partial charge >= 0.3 is 6.03 Å². The number of thioether (sulfide) groups is 1. The highest BCUT2D eigenvalue weighted by Crippen LogP contribution is 2.35. The average molecular weight is 398 g/mol. The first-order valence-electron chi connectivity index (χ1n) is 8.46. The molecule has 0 aliphatic heterocycles. The minimum Gasteiger partial charge on any atom is -0.508 e. The molecule has 3 N–H and O–H groups in total. The molecule has 3 aromatic rings. The van der Waals surface area contributed by atoms with Crippen LogP contribution in [0.15, 0.2) is 59.8 Å². The average Bonchev–Trinajstić information content (AvgIpc) is 3.15. The summed E-state index contributed by atoms with van der Waals surface area (Å²) in [7, 11) is 0. The number of hydrogen-bond acceptors (Lipinski definition) is 7. The first-order valence-corrected chi connectivity index (χ1v) is 9.34. The highest BCUT2D eigenvalue weighted by molar-refractivity contribution is 8.00. The maximum Gasteiger partial charge on any atom is 0.321 e. The topological polar surface area (TPSA) is 122 Å². The number of carbonyl (C=O) groups excluding carboxylic acids is 2. The van der Waals surface area contributed by atoms with Crippen LogP contribution in [0.4, 0.5) is 4.79 Å². The number of nitrogens with zero attached hydrogens (tertiary/aromatic N) is 4. The molecule has 1 atom stereocenters. The van der Waals surface area contributed by atoms with E-state index in [-0.39, 0.29) is 5.75 Å². The Morgan fingerprint density at radius 2 is 1.86 bits per heavy atom. The second kappa shape index (κ2) is 9.00. The lowest BCUT2D eigenvalue weighted by Gasteiger charge is -2.16. The van der Waals surface area contributed by atoms with Gasteiger partial charge in [0.15, 0.2) is 0 Å². The van der Waals surface area contributed by atoms with E-state index in [1.807, 2.05) is 18.2 Å². The van der Waals surface area contributed by atoms with Gasteiger partial charge in [0.25, 0.3) is 0 Å². The summed E-state index contributed by atoms with van der Waals surface area (Å²) in [6.07, 6.45) is 0. The number of aromatic hydroxyl groups is 1. The summed E-state index contributed by atoms with van der Waals surface area (Å²) in [6, 6.07) is 14.8. The van der Waals surface area contributed by atoms with E-state index >= 15 is 0 Å². The molecule has 2 aromatic carbocycles. The van der Waals surface area contributed by atoms with Crippen LogP contribution in [0.5, 0.6) is 5.75 Å². The number of carbonyl (C=O) groups is 2. The summed E-state index contributed by atoms with van der Waals surface area (Å²) < 4.78 is 1.46.